The van der Waals surface area contributed by atoms with Crippen LogP contribution in [0.3, 0.4) is 0 Å². The van der Waals surface area contributed by atoms with E-state index in [0.717, 1.165) is 0 Å². The maximum atomic E-state index is 9.21. The summed E-state index contributed by atoms with van der Waals surface area (Å²) in [7, 11) is 0. The van der Waals surface area contributed by atoms with Crippen molar-refractivity contribution in [3.63, 3.8) is 0 Å². The van der Waals surface area contributed by atoms with Gasteiger partial charge in [-0.1, -0.05) is 6.42 Å². The number of aliphatic hydroxyl groups excluding tert-OH is 1. The van der Waals surface area contributed by atoms with Crippen molar-refractivity contribution in [1.29, 1.82) is 0 Å². The van der Waals surface area contributed by atoms with E-state index in [1.165, 1.54) is 24.8 Å². The molecule has 60 valence electrons. The summed E-state index contributed by atoms with van der Waals surface area (Å²) in [5, 5.41) is 13.5. The molecule has 0 bridgehead atoms. The molecular weight excluding hydrogens is 156 g/mol. The highest BCUT2D eigenvalue weighted by atomic mass is 32.1. The lowest BCUT2D eigenvalue weighted by atomic mass is 9.66. The molecule has 0 amide bonds. The number of thiophene rings is 1. The van der Waals surface area contributed by atoms with Crippen LogP contribution in [-0.2, 0) is 5.41 Å². The van der Waals surface area contributed by atoms with Gasteiger partial charge < -0.3 is 5.11 Å². The normalized spacial score (nSPS) is 21.2. The molecule has 0 unspecified atom stereocenters. The molecule has 11 heavy (non-hydrogen) atoms. The van der Waals surface area contributed by atoms with Crippen LogP contribution in [0.2, 0.25) is 0 Å². The van der Waals surface area contributed by atoms with E-state index in [9.17, 15) is 5.11 Å². The van der Waals surface area contributed by atoms with E-state index in [-0.39, 0.29) is 5.41 Å². The van der Waals surface area contributed by atoms with Crippen LogP contribution in [-0.4, -0.2) is 11.7 Å². The minimum atomic E-state index is 0.153. The molecule has 2 rings (SSSR count). The van der Waals surface area contributed by atoms with Crippen molar-refractivity contribution in [3.05, 3.63) is 22.4 Å². The molecule has 1 N–H and O–H groups in total. The topological polar surface area (TPSA) is 20.2 Å². The molecule has 0 radical (unpaired) electrons. The third-order valence-electron chi connectivity index (χ3n) is 2.75. The van der Waals surface area contributed by atoms with Gasteiger partial charge in [0.15, 0.2) is 0 Å². The molecule has 0 aromatic carbocycles. The highest BCUT2D eigenvalue weighted by Crippen LogP contribution is 2.43. The molecular formula is C9H12OS. The van der Waals surface area contributed by atoms with Gasteiger partial charge in [0.2, 0.25) is 0 Å². The third-order valence-corrected chi connectivity index (χ3v) is 3.43. The van der Waals surface area contributed by atoms with Crippen LogP contribution in [0.4, 0.5) is 0 Å². The van der Waals surface area contributed by atoms with E-state index < -0.39 is 0 Å². The molecule has 1 aliphatic carbocycles. The van der Waals surface area contributed by atoms with Crippen molar-refractivity contribution in [1.82, 2.24) is 0 Å². The van der Waals surface area contributed by atoms with Gasteiger partial charge in [0.1, 0.15) is 0 Å². The molecule has 0 atom stereocenters. The molecule has 0 saturated heterocycles. The molecule has 2 heteroatoms. The fraction of sp³-hybridized carbons (Fsp3) is 0.556. The summed E-state index contributed by atoms with van der Waals surface area (Å²) in [6.07, 6.45) is 3.61. The van der Waals surface area contributed by atoms with Crippen molar-refractivity contribution in [2.45, 2.75) is 24.7 Å². The summed E-state index contributed by atoms with van der Waals surface area (Å²) in [5.74, 6) is 0. The zero-order valence-corrected chi connectivity index (χ0v) is 7.23. The van der Waals surface area contributed by atoms with Gasteiger partial charge in [0.25, 0.3) is 0 Å². The van der Waals surface area contributed by atoms with Crippen molar-refractivity contribution < 1.29 is 5.11 Å². The van der Waals surface area contributed by atoms with E-state index in [1.54, 1.807) is 11.3 Å². The molecule has 1 aliphatic rings. The summed E-state index contributed by atoms with van der Waals surface area (Å²) in [5.41, 5.74) is 1.50. The van der Waals surface area contributed by atoms with Crippen LogP contribution in [0.5, 0.6) is 0 Å². The molecule has 0 aliphatic heterocycles. The lowest BCUT2D eigenvalue weighted by Gasteiger charge is -2.40. The van der Waals surface area contributed by atoms with E-state index in [4.69, 9.17) is 0 Å². The molecule has 1 saturated carbocycles. The fourth-order valence-corrected chi connectivity index (χ4v) is 2.49. The van der Waals surface area contributed by atoms with Gasteiger partial charge in [0.05, 0.1) is 6.61 Å². The molecule has 1 heterocycles. The molecule has 0 spiro atoms. The number of hydrogen-bond acceptors (Lipinski definition) is 2. The van der Waals surface area contributed by atoms with E-state index in [0.29, 0.717) is 6.61 Å². The summed E-state index contributed by atoms with van der Waals surface area (Å²) < 4.78 is 0. The minimum absolute atomic E-state index is 0.153. The first-order valence-electron chi connectivity index (χ1n) is 4.01. The Hall–Kier alpha value is -0.340. The number of aliphatic hydroxyl groups is 1. The second-order valence-corrected chi connectivity index (χ2v) is 4.08. The van der Waals surface area contributed by atoms with Gasteiger partial charge in [-0.3, -0.25) is 0 Å². The Morgan fingerprint density at radius 3 is 2.73 bits per heavy atom. The highest BCUT2D eigenvalue weighted by Gasteiger charge is 2.37. The first kappa shape index (κ1) is 7.32. The zero-order valence-electron chi connectivity index (χ0n) is 6.42. The van der Waals surface area contributed by atoms with Crippen molar-refractivity contribution >= 4 is 11.3 Å². The molecule has 1 aromatic rings. The zero-order chi connectivity index (χ0) is 7.73. The van der Waals surface area contributed by atoms with Gasteiger partial charge in [-0.25, -0.2) is 0 Å². The molecule has 1 fully saturated rings. The second-order valence-electron chi connectivity index (χ2n) is 3.30. The molecule has 1 aromatic heterocycles. The van der Waals surface area contributed by atoms with Gasteiger partial charge >= 0.3 is 0 Å². The average Bonchev–Trinajstić information content (AvgIpc) is 2.39. The smallest absolute Gasteiger partial charge is 0.0528 e. The fourth-order valence-electron chi connectivity index (χ4n) is 1.71. The predicted molar refractivity (Wildman–Crippen MR) is 46.9 cm³/mol. The Labute approximate surface area is 70.7 Å². The van der Waals surface area contributed by atoms with Gasteiger partial charge in [-0.05, 0) is 35.2 Å². The maximum Gasteiger partial charge on any atom is 0.0528 e. The van der Waals surface area contributed by atoms with E-state index >= 15 is 0 Å². The van der Waals surface area contributed by atoms with Crippen molar-refractivity contribution in [3.8, 4) is 0 Å². The summed E-state index contributed by atoms with van der Waals surface area (Å²) in [6, 6.07) is 2.14. The number of hydrogen-bond donors (Lipinski definition) is 1. The van der Waals surface area contributed by atoms with Crippen LogP contribution in [0.1, 0.15) is 24.8 Å². The number of rotatable bonds is 2. The van der Waals surface area contributed by atoms with Crippen LogP contribution in [0.15, 0.2) is 16.8 Å². The first-order chi connectivity index (χ1) is 5.37. The Bertz CT molecular complexity index is 218. The van der Waals surface area contributed by atoms with Crippen LogP contribution < -0.4 is 0 Å². The quantitative estimate of drug-likeness (QED) is 0.717. The first-order valence-corrected chi connectivity index (χ1v) is 4.95. The van der Waals surface area contributed by atoms with Crippen LogP contribution in [0.25, 0.3) is 0 Å². The maximum absolute atomic E-state index is 9.21. The standard InChI is InChI=1S/C9H12OS/c10-7-9(3-1-4-9)8-2-5-11-6-8/h2,5-6,10H,1,3-4,7H2. The summed E-state index contributed by atoms with van der Waals surface area (Å²) in [6.45, 7) is 0.323. The Morgan fingerprint density at radius 2 is 2.36 bits per heavy atom. The van der Waals surface area contributed by atoms with Crippen molar-refractivity contribution in [2.75, 3.05) is 6.61 Å². The Morgan fingerprint density at radius 1 is 1.55 bits per heavy atom. The lowest BCUT2D eigenvalue weighted by molar-refractivity contribution is 0.120. The molecule has 1 nitrogen and oxygen atoms in total. The van der Waals surface area contributed by atoms with Crippen LogP contribution >= 0.6 is 11.3 Å². The minimum Gasteiger partial charge on any atom is -0.395 e. The highest BCUT2D eigenvalue weighted by molar-refractivity contribution is 7.08. The van der Waals surface area contributed by atoms with E-state index in [2.05, 4.69) is 16.8 Å². The second kappa shape index (κ2) is 2.61. The van der Waals surface area contributed by atoms with Gasteiger partial charge in [-0.2, -0.15) is 11.3 Å². The Kier molecular flexibility index (Phi) is 1.74. The monoisotopic (exact) mass is 168 g/mol. The van der Waals surface area contributed by atoms with Gasteiger partial charge in [-0.15, -0.1) is 0 Å². The van der Waals surface area contributed by atoms with E-state index in [1.807, 2.05) is 0 Å². The van der Waals surface area contributed by atoms with Gasteiger partial charge in [0, 0.05) is 5.41 Å². The van der Waals surface area contributed by atoms with Crippen LogP contribution in [0, 0.1) is 0 Å². The predicted octanol–water partition coefficient (Wildman–Crippen LogP) is 2.16. The lowest BCUT2D eigenvalue weighted by Crippen LogP contribution is -2.37. The summed E-state index contributed by atoms with van der Waals surface area (Å²) >= 11 is 1.72. The Balaban J connectivity index is 2.25. The summed E-state index contributed by atoms with van der Waals surface area (Å²) in [4.78, 5) is 0. The average molecular weight is 168 g/mol. The third kappa shape index (κ3) is 1.01. The largest absolute Gasteiger partial charge is 0.395 e. The SMILES string of the molecule is OCC1(c2ccsc2)CCC1. The van der Waals surface area contributed by atoms with Crippen molar-refractivity contribution in [2.24, 2.45) is 0 Å².